The van der Waals surface area contributed by atoms with Crippen molar-refractivity contribution in [2.75, 3.05) is 7.11 Å². The van der Waals surface area contributed by atoms with Gasteiger partial charge >= 0.3 is 0 Å². The van der Waals surface area contributed by atoms with Crippen molar-refractivity contribution < 1.29 is 4.74 Å². The molecule has 4 rings (SSSR count). The zero-order chi connectivity index (χ0) is 21.6. The van der Waals surface area contributed by atoms with Crippen molar-refractivity contribution in [3.63, 3.8) is 0 Å². The first-order valence-electron chi connectivity index (χ1n) is 12.1. The highest BCUT2D eigenvalue weighted by molar-refractivity contribution is 5.74. The van der Waals surface area contributed by atoms with Crippen LogP contribution in [0.1, 0.15) is 63.9 Å². The molecule has 0 aromatic heterocycles. The number of rotatable bonds is 7. The Morgan fingerprint density at radius 3 is 2.16 bits per heavy atom. The van der Waals surface area contributed by atoms with E-state index in [1.165, 1.54) is 66.3 Å². The van der Waals surface area contributed by atoms with Crippen molar-refractivity contribution in [2.45, 2.75) is 58.3 Å². The van der Waals surface area contributed by atoms with Crippen molar-refractivity contribution >= 4 is 0 Å². The van der Waals surface area contributed by atoms with Crippen LogP contribution in [-0.2, 0) is 0 Å². The SMILES string of the molecule is CCC1CCCCC1C(CC)c1ccc(-c2ccc(-c3ccccc3)cc2)c(OC)c1. The first-order valence-corrected chi connectivity index (χ1v) is 12.1. The second-order valence-electron chi connectivity index (χ2n) is 9.03. The molecule has 0 radical (unpaired) electrons. The van der Waals surface area contributed by atoms with Crippen LogP contribution in [0.2, 0.25) is 0 Å². The summed E-state index contributed by atoms with van der Waals surface area (Å²) in [6.07, 6.45) is 8.09. The standard InChI is InChI=1S/C30H36O/c1-4-22-11-9-10-14-28(22)27(5-2)26-19-20-29(30(21-26)31-3)25-17-15-24(16-18-25)23-12-7-6-8-13-23/h6-8,12-13,15-22,27-28H,4-5,9-11,14H2,1-3H3. The van der Waals surface area contributed by atoms with E-state index in [0.717, 1.165) is 17.6 Å². The molecule has 0 amide bonds. The van der Waals surface area contributed by atoms with Crippen LogP contribution in [-0.4, -0.2) is 7.11 Å². The Morgan fingerprint density at radius 2 is 1.48 bits per heavy atom. The van der Waals surface area contributed by atoms with Gasteiger partial charge in [-0.3, -0.25) is 0 Å². The van der Waals surface area contributed by atoms with Gasteiger partial charge in [0.2, 0.25) is 0 Å². The number of ether oxygens (including phenoxy) is 1. The van der Waals surface area contributed by atoms with E-state index < -0.39 is 0 Å². The molecule has 3 unspecified atom stereocenters. The van der Waals surface area contributed by atoms with Crippen LogP contribution in [0.3, 0.4) is 0 Å². The van der Waals surface area contributed by atoms with Gasteiger partial charge < -0.3 is 4.74 Å². The second-order valence-corrected chi connectivity index (χ2v) is 9.03. The average Bonchev–Trinajstić information content (AvgIpc) is 2.85. The summed E-state index contributed by atoms with van der Waals surface area (Å²) in [4.78, 5) is 0. The molecule has 0 heterocycles. The van der Waals surface area contributed by atoms with E-state index in [0.29, 0.717) is 5.92 Å². The molecule has 3 aromatic rings. The maximum absolute atomic E-state index is 5.89. The van der Waals surface area contributed by atoms with Crippen molar-refractivity contribution in [2.24, 2.45) is 11.8 Å². The molecule has 0 aliphatic heterocycles. The summed E-state index contributed by atoms with van der Waals surface area (Å²) in [6.45, 7) is 4.73. The Hall–Kier alpha value is -2.54. The predicted octanol–water partition coefficient (Wildman–Crippen LogP) is 8.74. The third-order valence-corrected chi connectivity index (χ3v) is 7.41. The Bertz CT molecular complexity index is 957. The molecule has 3 atom stereocenters. The molecule has 162 valence electrons. The van der Waals surface area contributed by atoms with Gasteiger partial charge in [-0.1, -0.05) is 106 Å². The maximum atomic E-state index is 5.89. The van der Waals surface area contributed by atoms with Gasteiger partial charge in [0, 0.05) is 5.56 Å². The lowest BCUT2D eigenvalue weighted by Crippen LogP contribution is -2.25. The third kappa shape index (κ3) is 4.71. The first kappa shape index (κ1) is 21.7. The largest absolute Gasteiger partial charge is 0.496 e. The molecule has 1 fully saturated rings. The van der Waals surface area contributed by atoms with Crippen molar-refractivity contribution in [1.29, 1.82) is 0 Å². The van der Waals surface area contributed by atoms with E-state index in [2.05, 4.69) is 86.6 Å². The van der Waals surface area contributed by atoms with Crippen LogP contribution in [0.5, 0.6) is 5.75 Å². The van der Waals surface area contributed by atoms with Gasteiger partial charge in [-0.25, -0.2) is 0 Å². The molecule has 3 aromatic carbocycles. The summed E-state index contributed by atoms with van der Waals surface area (Å²) in [6, 6.07) is 26.3. The zero-order valence-corrected chi connectivity index (χ0v) is 19.3. The molecular weight excluding hydrogens is 376 g/mol. The highest BCUT2D eigenvalue weighted by Gasteiger charge is 2.31. The van der Waals surface area contributed by atoms with Crippen molar-refractivity contribution in [3.05, 3.63) is 78.4 Å². The van der Waals surface area contributed by atoms with E-state index in [-0.39, 0.29) is 0 Å². The second kappa shape index (κ2) is 10.2. The zero-order valence-electron chi connectivity index (χ0n) is 19.3. The summed E-state index contributed by atoms with van der Waals surface area (Å²) in [5.74, 6) is 3.31. The molecule has 1 aliphatic carbocycles. The fourth-order valence-electron chi connectivity index (χ4n) is 5.71. The topological polar surface area (TPSA) is 9.23 Å². The van der Waals surface area contributed by atoms with Crippen LogP contribution in [0.15, 0.2) is 72.8 Å². The van der Waals surface area contributed by atoms with Gasteiger partial charge in [0.05, 0.1) is 7.11 Å². The van der Waals surface area contributed by atoms with Gasteiger partial charge in [-0.05, 0) is 58.9 Å². The van der Waals surface area contributed by atoms with Gasteiger partial charge in [0.25, 0.3) is 0 Å². The van der Waals surface area contributed by atoms with Gasteiger partial charge in [-0.15, -0.1) is 0 Å². The van der Waals surface area contributed by atoms with Gasteiger partial charge in [0.1, 0.15) is 5.75 Å². The van der Waals surface area contributed by atoms with Crippen LogP contribution in [0, 0.1) is 11.8 Å². The summed E-state index contributed by atoms with van der Waals surface area (Å²) >= 11 is 0. The Labute approximate surface area is 188 Å². The lowest BCUT2D eigenvalue weighted by molar-refractivity contribution is 0.191. The summed E-state index contributed by atoms with van der Waals surface area (Å²) < 4.78 is 5.89. The van der Waals surface area contributed by atoms with Crippen LogP contribution in [0.25, 0.3) is 22.3 Å². The lowest BCUT2D eigenvalue weighted by atomic mass is 9.68. The van der Waals surface area contributed by atoms with E-state index in [9.17, 15) is 0 Å². The molecule has 0 bridgehead atoms. The van der Waals surface area contributed by atoms with Gasteiger partial charge in [0.15, 0.2) is 0 Å². The average molecular weight is 413 g/mol. The van der Waals surface area contributed by atoms with Crippen LogP contribution in [0.4, 0.5) is 0 Å². The van der Waals surface area contributed by atoms with E-state index in [4.69, 9.17) is 4.74 Å². The molecule has 0 spiro atoms. The number of benzene rings is 3. The molecule has 1 nitrogen and oxygen atoms in total. The molecule has 0 N–H and O–H groups in total. The van der Waals surface area contributed by atoms with Crippen LogP contribution < -0.4 is 4.74 Å². The first-order chi connectivity index (χ1) is 15.2. The highest BCUT2D eigenvalue weighted by atomic mass is 16.5. The van der Waals surface area contributed by atoms with Crippen molar-refractivity contribution in [3.8, 4) is 28.0 Å². The minimum absolute atomic E-state index is 0.633. The molecule has 31 heavy (non-hydrogen) atoms. The lowest BCUT2D eigenvalue weighted by Gasteiger charge is -2.37. The minimum Gasteiger partial charge on any atom is -0.496 e. The normalized spacial score (nSPS) is 19.7. The van der Waals surface area contributed by atoms with Crippen LogP contribution >= 0.6 is 0 Å². The fraction of sp³-hybridized carbons (Fsp3) is 0.400. The van der Waals surface area contributed by atoms with Crippen molar-refractivity contribution in [1.82, 2.24) is 0 Å². The summed E-state index contributed by atoms with van der Waals surface area (Å²) in [5.41, 5.74) is 6.33. The number of hydrogen-bond acceptors (Lipinski definition) is 1. The number of hydrogen-bond donors (Lipinski definition) is 0. The number of methoxy groups -OCH3 is 1. The molecule has 1 heteroatoms. The third-order valence-electron chi connectivity index (χ3n) is 7.41. The minimum atomic E-state index is 0.633. The Morgan fingerprint density at radius 1 is 0.806 bits per heavy atom. The predicted molar refractivity (Wildman–Crippen MR) is 133 cm³/mol. The molecule has 1 saturated carbocycles. The fourth-order valence-corrected chi connectivity index (χ4v) is 5.71. The summed E-state index contributed by atoms with van der Waals surface area (Å²) in [5, 5.41) is 0. The van der Waals surface area contributed by atoms with E-state index >= 15 is 0 Å². The quantitative estimate of drug-likeness (QED) is 0.377. The monoisotopic (exact) mass is 412 g/mol. The summed E-state index contributed by atoms with van der Waals surface area (Å²) in [7, 11) is 1.80. The maximum Gasteiger partial charge on any atom is 0.126 e. The van der Waals surface area contributed by atoms with Gasteiger partial charge in [-0.2, -0.15) is 0 Å². The Kier molecular flexibility index (Phi) is 7.12. The molecular formula is C30H36O. The smallest absolute Gasteiger partial charge is 0.126 e. The Balaban J connectivity index is 1.62. The van der Waals surface area contributed by atoms with E-state index in [1.54, 1.807) is 7.11 Å². The molecule has 1 aliphatic rings. The molecule has 0 saturated heterocycles. The highest BCUT2D eigenvalue weighted by Crippen LogP contribution is 2.44. The van der Waals surface area contributed by atoms with E-state index in [1.807, 2.05) is 0 Å².